The fourth-order valence-electron chi connectivity index (χ4n) is 9.45. The van der Waals surface area contributed by atoms with E-state index < -0.39 is 16.6 Å². The summed E-state index contributed by atoms with van der Waals surface area (Å²) in [5.41, 5.74) is 5.72. The standard InChI is InChI=1S/C39H46ClN5O4S/c1-43(2)50(48)42-37(46)26-12-14-30-34(19-26)45-23-39(38(47)44-17-16-41-33(22-44)25-10-7-11-27(40)18-25)21-32(39)31-20-28(49-3)13-15-29(31)36(45)35(30)24-8-5-4-6-9-24/h7,10-15,18-20,24,32-33,35-36,41H,4-6,8-9,16-17,21-23H2,1-3H3,(H,42,46). The quantitative estimate of drug-likeness (QED) is 0.307. The Hall–Kier alpha value is -3.44. The van der Waals surface area contributed by atoms with Gasteiger partial charge in [0.1, 0.15) is 5.75 Å². The van der Waals surface area contributed by atoms with Gasteiger partial charge in [-0.25, -0.2) is 8.51 Å². The molecular formula is C39H46ClN5O4S. The summed E-state index contributed by atoms with van der Waals surface area (Å²) in [6, 6.07) is 20.4. The van der Waals surface area contributed by atoms with Gasteiger partial charge in [-0.1, -0.05) is 55.1 Å². The van der Waals surface area contributed by atoms with Crippen LogP contribution in [0.25, 0.3) is 0 Å². The molecule has 1 saturated heterocycles. The van der Waals surface area contributed by atoms with E-state index in [0.717, 1.165) is 23.4 Å². The maximum Gasteiger partial charge on any atom is 0.264 e. The Bertz CT molecular complexity index is 1850. The molecule has 3 aliphatic heterocycles. The zero-order valence-corrected chi connectivity index (χ0v) is 30.6. The third-order valence-corrected chi connectivity index (χ3v) is 13.2. The van der Waals surface area contributed by atoms with E-state index in [0.29, 0.717) is 42.7 Å². The van der Waals surface area contributed by atoms with E-state index in [1.807, 2.05) is 30.3 Å². The summed E-state index contributed by atoms with van der Waals surface area (Å²) in [4.78, 5) is 33.0. The molecule has 5 aliphatic rings. The zero-order chi connectivity index (χ0) is 34.7. The smallest absolute Gasteiger partial charge is 0.264 e. The molecule has 11 heteroatoms. The SMILES string of the molecule is COc1ccc2c(c1)C1CC1(C(=O)N1CCNC(c3cccc(Cl)c3)C1)CN1c3cc(C(=O)NS(=O)N(C)C)ccc3C(C3CCCCC3)C21. The number of benzene rings is 3. The van der Waals surface area contributed by atoms with E-state index in [1.54, 1.807) is 21.2 Å². The molecule has 9 nitrogen and oxygen atoms in total. The molecule has 3 heterocycles. The average molecular weight is 716 g/mol. The van der Waals surface area contributed by atoms with Gasteiger partial charge >= 0.3 is 0 Å². The first-order valence-corrected chi connectivity index (χ1v) is 19.4. The molecule has 6 unspecified atom stereocenters. The number of ether oxygens (including phenoxy) is 1. The second-order valence-corrected chi connectivity index (χ2v) is 16.9. The summed E-state index contributed by atoms with van der Waals surface area (Å²) in [7, 11) is 5.04. The molecule has 3 aromatic carbocycles. The average Bonchev–Trinajstić information content (AvgIpc) is 3.81. The number of piperazine rings is 1. The van der Waals surface area contributed by atoms with E-state index in [9.17, 15) is 9.00 Å². The number of nitrogens with one attached hydrogen (secondary N) is 2. The van der Waals surface area contributed by atoms with Crippen molar-refractivity contribution in [1.82, 2.24) is 19.2 Å². The summed E-state index contributed by atoms with van der Waals surface area (Å²) in [6.45, 7) is 2.51. The van der Waals surface area contributed by atoms with Gasteiger partial charge in [0.2, 0.25) is 5.91 Å². The van der Waals surface area contributed by atoms with Gasteiger partial charge < -0.3 is 19.9 Å². The van der Waals surface area contributed by atoms with Gasteiger partial charge in [0.25, 0.3) is 5.91 Å². The zero-order valence-electron chi connectivity index (χ0n) is 29.0. The van der Waals surface area contributed by atoms with E-state index in [-0.39, 0.29) is 35.7 Å². The highest BCUT2D eigenvalue weighted by atomic mass is 35.5. The Labute approximate surface area is 302 Å². The van der Waals surface area contributed by atoms with Crippen LogP contribution in [0.3, 0.4) is 0 Å². The van der Waals surface area contributed by atoms with Crippen LogP contribution in [-0.4, -0.2) is 72.6 Å². The van der Waals surface area contributed by atoms with Crippen molar-refractivity contribution in [2.24, 2.45) is 11.3 Å². The normalized spacial score (nSPS) is 27.8. The molecule has 2 aliphatic carbocycles. The van der Waals surface area contributed by atoms with Crippen molar-refractivity contribution < 1.29 is 18.5 Å². The number of amides is 2. The van der Waals surface area contributed by atoms with Crippen LogP contribution >= 0.6 is 11.6 Å². The van der Waals surface area contributed by atoms with E-state index in [1.165, 1.54) is 53.1 Å². The van der Waals surface area contributed by atoms with Gasteiger partial charge in [-0.05, 0) is 83.8 Å². The molecule has 6 atom stereocenters. The monoisotopic (exact) mass is 715 g/mol. The van der Waals surface area contributed by atoms with E-state index >= 15 is 4.79 Å². The highest BCUT2D eigenvalue weighted by molar-refractivity contribution is 7.81. The van der Waals surface area contributed by atoms with E-state index in [4.69, 9.17) is 16.3 Å². The number of halogens is 1. The number of rotatable bonds is 7. The molecule has 2 amide bonds. The molecule has 50 heavy (non-hydrogen) atoms. The number of carbonyl (C=O) groups is 2. The Kier molecular flexibility index (Phi) is 8.94. The van der Waals surface area contributed by atoms with Crippen LogP contribution in [0.4, 0.5) is 5.69 Å². The minimum absolute atomic E-state index is 0.00267. The van der Waals surface area contributed by atoms with Crippen molar-refractivity contribution in [3.8, 4) is 5.75 Å². The molecule has 3 aromatic rings. The Morgan fingerprint density at radius 2 is 1.82 bits per heavy atom. The molecule has 0 spiro atoms. The number of nitrogens with zero attached hydrogens (tertiary/aromatic N) is 3. The Morgan fingerprint density at radius 3 is 2.58 bits per heavy atom. The van der Waals surface area contributed by atoms with Crippen molar-refractivity contribution in [3.05, 3.63) is 93.5 Å². The summed E-state index contributed by atoms with van der Waals surface area (Å²) in [5.74, 6) is 1.45. The van der Waals surface area contributed by atoms with Crippen LogP contribution < -0.4 is 19.7 Å². The molecule has 2 N–H and O–H groups in total. The minimum Gasteiger partial charge on any atom is -0.497 e. The number of methoxy groups -OCH3 is 1. The summed E-state index contributed by atoms with van der Waals surface area (Å²) >= 11 is 4.72. The van der Waals surface area contributed by atoms with Gasteiger partial charge in [0.15, 0.2) is 11.2 Å². The third-order valence-electron chi connectivity index (χ3n) is 12.0. The number of carbonyl (C=O) groups excluding carboxylic acids is 2. The van der Waals surface area contributed by atoms with Crippen LogP contribution in [0.2, 0.25) is 5.02 Å². The van der Waals surface area contributed by atoms with Gasteiger partial charge in [-0.15, -0.1) is 0 Å². The number of anilines is 1. The predicted molar refractivity (Wildman–Crippen MR) is 197 cm³/mol. The fourth-order valence-corrected chi connectivity index (χ4v) is 10.1. The first-order chi connectivity index (χ1) is 24.2. The lowest BCUT2D eigenvalue weighted by atomic mass is 9.72. The first-order valence-electron chi connectivity index (χ1n) is 18.0. The lowest BCUT2D eigenvalue weighted by Gasteiger charge is -2.39. The van der Waals surface area contributed by atoms with Gasteiger partial charge in [0, 0.05) is 74.4 Å². The molecule has 0 aromatic heterocycles. The van der Waals surface area contributed by atoms with Gasteiger partial charge in [-0.3, -0.25) is 14.3 Å². The third kappa shape index (κ3) is 5.82. The Balaban J connectivity index is 1.21. The predicted octanol–water partition coefficient (Wildman–Crippen LogP) is 6.10. The molecule has 3 fully saturated rings. The van der Waals surface area contributed by atoms with Crippen LogP contribution in [0.1, 0.15) is 95.1 Å². The summed E-state index contributed by atoms with van der Waals surface area (Å²) in [5, 5.41) is 4.30. The van der Waals surface area contributed by atoms with Crippen molar-refractivity contribution in [2.45, 2.75) is 62.4 Å². The first kappa shape index (κ1) is 33.7. The van der Waals surface area contributed by atoms with Crippen LogP contribution in [0, 0.1) is 11.3 Å². The Morgan fingerprint density at radius 1 is 1.02 bits per heavy atom. The second-order valence-electron chi connectivity index (χ2n) is 15.0. The van der Waals surface area contributed by atoms with Crippen molar-refractivity contribution in [3.63, 3.8) is 0 Å². The number of hydrogen-bond donors (Lipinski definition) is 2. The lowest BCUT2D eigenvalue weighted by molar-refractivity contribution is -0.138. The summed E-state index contributed by atoms with van der Waals surface area (Å²) in [6.07, 6.45) is 6.81. The van der Waals surface area contributed by atoms with Crippen LogP contribution in [-0.2, 0) is 16.0 Å². The molecule has 0 radical (unpaired) electrons. The molecule has 264 valence electrons. The second kappa shape index (κ2) is 13.3. The van der Waals surface area contributed by atoms with Crippen molar-refractivity contribution in [1.29, 1.82) is 0 Å². The topological polar surface area (TPSA) is 94.2 Å². The maximum absolute atomic E-state index is 15.0. The molecule has 0 bridgehead atoms. The maximum atomic E-state index is 15.0. The van der Waals surface area contributed by atoms with Gasteiger partial charge in [0.05, 0.1) is 18.6 Å². The number of fused-ring (bicyclic) bond motifs is 7. The summed E-state index contributed by atoms with van der Waals surface area (Å²) < 4.78 is 22.4. The fraction of sp³-hybridized carbons (Fsp3) is 0.487. The van der Waals surface area contributed by atoms with E-state index in [2.05, 4.69) is 50.2 Å². The molecular weight excluding hydrogens is 670 g/mol. The molecule has 8 rings (SSSR count). The highest BCUT2D eigenvalue weighted by Crippen LogP contribution is 2.68. The largest absolute Gasteiger partial charge is 0.497 e. The minimum atomic E-state index is -1.64. The molecule has 2 saturated carbocycles. The lowest BCUT2D eigenvalue weighted by Crippen LogP contribution is -2.52. The highest BCUT2D eigenvalue weighted by Gasteiger charge is 2.66. The van der Waals surface area contributed by atoms with Crippen LogP contribution in [0.15, 0.2) is 60.7 Å². The number of hydrogen-bond acceptors (Lipinski definition) is 6. The van der Waals surface area contributed by atoms with Crippen molar-refractivity contribution in [2.75, 3.05) is 52.3 Å². The van der Waals surface area contributed by atoms with Gasteiger partial charge in [-0.2, -0.15) is 0 Å². The van der Waals surface area contributed by atoms with Crippen LogP contribution in [0.5, 0.6) is 5.75 Å². The van der Waals surface area contributed by atoms with Crippen molar-refractivity contribution >= 4 is 40.3 Å².